The molecule has 94 valence electrons. The summed E-state index contributed by atoms with van der Waals surface area (Å²) in [5.74, 6) is 0. The molecule has 0 unspecified atom stereocenters. The number of hydrogen-bond acceptors (Lipinski definition) is 5. The molecule has 0 aliphatic heterocycles. The Kier molecular flexibility index (Phi) is 3.20. The van der Waals surface area contributed by atoms with E-state index in [1.807, 2.05) is 0 Å². The monoisotopic (exact) mass is 284 g/mol. The second-order valence-electron chi connectivity index (χ2n) is 3.48. The SMILES string of the molecule is Nc1ccc(S(N)(=O)=O)c(-c2cnccn2)c1Cl. The van der Waals surface area contributed by atoms with Gasteiger partial charge in [-0.1, -0.05) is 11.6 Å². The van der Waals surface area contributed by atoms with Gasteiger partial charge in [-0.05, 0) is 12.1 Å². The lowest BCUT2D eigenvalue weighted by Gasteiger charge is -2.10. The lowest BCUT2D eigenvalue weighted by molar-refractivity contribution is 0.598. The summed E-state index contributed by atoms with van der Waals surface area (Å²) in [6, 6.07) is 2.67. The van der Waals surface area contributed by atoms with Crippen LogP contribution >= 0.6 is 11.6 Å². The molecule has 0 saturated heterocycles. The molecule has 0 aliphatic rings. The summed E-state index contributed by atoms with van der Waals surface area (Å²) < 4.78 is 23.0. The van der Waals surface area contributed by atoms with Gasteiger partial charge in [0, 0.05) is 18.0 Å². The predicted octanol–water partition coefficient (Wildman–Crippen LogP) is 1.03. The second kappa shape index (κ2) is 4.52. The maximum Gasteiger partial charge on any atom is 0.238 e. The van der Waals surface area contributed by atoms with Gasteiger partial charge in [0.2, 0.25) is 10.0 Å². The molecule has 4 N–H and O–H groups in total. The molecule has 0 aliphatic carbocycles. The Labute approximate surface area is 109 Å². The van der Waals surface area contributed by atoms with Crippen LogP contribution in [0.5, 0.6) is 0 Å². The number of benzene rings is 1. The quantitative estimate of drug-likeness (QED) is 0.800. The zero-order chi connectivity index (χ0) is 13.3. The minimum atomic E-state index is -3.93. The van der Waals surface area contributed by atoms with Crippen LogP contribution in [0.15, 0.2) is 35.6 Å². The van der Waals surface area contributed by atoms with E-state index in [1.54, 1.807) is 0 Å². The molecule has 2 rings (SSSR count). The lowest BCUT2D eigenvalue weighted by atomic mass is 10.1. The first-order chi connectivity index (χ1) is 8.41. The normalized spacial score (nSPS) is 11.4. The standard InChI is InChI=1S/C10H9ClN4O2S/c11-10-6(12)1-2-8(18(13,16)17)9(10)7-5-14-3-4-15-7/h1-5H,12H2,(H2,13,16,17). The molecule has 1 aromatic heterocycles. The lowest BCUT2D eigenvalue weighted by Crippen LogP contribution is -2.14. The highest BCUT2D eigenvalue weighted by molar-refractivity contribution is 7.89. The van der Waals surface area contributed by atoms with Crippen LogP contribution in [0, 0.1) is 0 Å². The topological polar surface area (TPSA) is 112 Å². The average molecular weight is 285 g/mol. The van der Waals surface area contributed by atoms with E-state index in [0.29, 0.717) is 5.69 Å². The number of sulfonamides is 1. The minimum Gasteiger partial charge on any atom is -0.398 e. The van der Waals surface area contributed by atoms with E-state index >= 15 is 0 Å². The van der Waals surface area contributed by atoms with Crippen LogP contribution in [0.1, 0.15) is 0 Å². The zero-order valence-corrected chi connectivity index (χ0v) is 10.6. The molecular formula is C10H9ClN4O2S. The first kappa shape index (κ1) is 12.7. The Morgan fingerprint density at radius 2 is 1.94 bits per heavy atom. The first-order valence-electron chi connectivity index (χ1n) is 4.78. The molecule has 6 nitrogen and oxygen atoms in total. The van der Waals surface area contributed by atoms with Crippen LogP contribution in [-0.2, 0) is 10.0 Å². The molecule has 1 heterocycles. The number of rotatable bonds is 2. The molecule has 0 bridgehead atoms. The summed E-state index contributed by atoms with van der Waals surface area (Å²) in [5.41, 5.74) is 6.34. The highest BCUT2D eigenvalue weighted by Gasteiger charge is 2.20. The molecule has 0 radical (unpaired) electrons. The van der Waals surface area contributed by atoms with Crippen molar-refractivity contribution in [2.45, 2.75) is 4.90 Å². The van der Waals surface area contributed by atoms with E-state index in [2.05, 4.69) is 9.97 Å². The van der Waals surface area contributed by atoms with Crippen molar-refractivity contribution in [3.8, 4) is 11.3 Å². The average Bonchev–Trinajstić information content (AvgIpc) is 2.32. The zero-order valence-electron chi connectivity index (χ0n) is 9.04. The van der Waals surface area contributed by atoms with Gasteiger partial charge in [0.25, 0.3) is 0 Å². The van der Waals surface area contributed by atoms with Crippen molar-refractivity contribution in [1.82, 2.24) is 9.97 Å². The fraction of sp³-hybridized carbons (Fsp3) is 0. The van der Waals surface area contributed by atoms with Crippen molar-refractivity contribution in [2.24, 2.45) is 5.14 Å². The van der Waals surface area contributed by atoms with Crippen LogP contribution in [0.25, 0.3) is 11.3 Å². The number of aromatic nitrogens is 2. The largest absolute Gasteiger partial charge is 0.398 e. The van der Waals surface area contributed by atoms with Crippen LogP contribution in [0.3, 0.4) is 0 Å². The molecular weight excluding hydrogens is 276 g/mol. The van der Waals surface area contributed by atoms with E-state index < -0.39 is 10.0 Å². The van der Waals surface area contributed by atoms with Crippen molar-refractivity contribution in [3.63, 3.8) is 0 Å². The van der Waals surface area contributed by atoms with E-state index in [9.17, 15) is 8.42 Å². The van der Waals surface area contributed by atoms with Gasteiger partial charge in [0.05, 0.1) is 27.5 Å². The summed E-state index contributed by atoms with van der Waals surface area (Å²) in [5, 5.41) is 5.22. The van der Waals surface area contributed by atoms with Crippen molar-refractivity contribution in [2.75, 3.05) is 5.73 Å². The number of nitrogens with two attached hydrogens (primary N) is 2. The Morgan fingerprint density at radius 1 is 1.22 bits per heavy atom. The Bertz CT molecular complexity index is 689. The fourth-order valence-corrected chi connectivity index (χ4v) is 2.54. The molecule has 18 heavy (non-hydrogen) atoms. The molecule has 0 atom stereocenters. The third kappa shape index (κ3) is 2.28. The molecule has 0 saturated carbocycles. The number of anilines is 1. The highest BCUT2D eigenvalue weighted by atomic mass is 35.5. The van der Waals surface area contributed by atoms with Crippen molar-refractivity contribution in [3.05, 3.63) is 35.7 Å². The van der Waals surface area contributed by atoms with Crippen molar-refractivity contribution >= 4 is 27.3 Å². The van der Waals surface area contributed by atoms with Gasteiger partial charge in [-0.3, -0.25) is 9.97 Å². The maximum absolute atomic E-state index is 11.5. The van der Waals surface area contributed by atoms with E-state index in [0.717, 1.165) is 0 Å². The summed E-state index contributed by atoms with van der Waals surface area (Å²) >= 11 is 6.03. The summed E-state index contributed by atoms with van der Waals surface area (Å²) in [7, 11) is -3.93. The predicted molar refractivity (Wildman–Crippen MR) is 68.3 cm³/mol. The van der Waals surface area contributed by atoms with Gasteiger partial charge < -0.3 is 5.73 Å². The summed E-state index contributed by atoms with van der Waals surface area (Å²) in [4.78, 5) is 7.72. The van der Waals surface area contributed by atoms with Crippen LogP contribution in [-0.4, -0.2) is 18.4 Å². The van der Waals surface area contributed by atoms with E-state index in [4.69, 9.17) is 22.5 Å². The van der Waals surface area contributed by atoms with Crippen LogP contribution in [0.2, 0.25) is 5.02 Å². The number of halogens is 1. The third-order valence-electron chi connectivity index (χ3n) is 2.26. The number of nitrogens with zero attached hydrogens (tertiary/aromatic N) is 2. The van der Waals surface area contributed by atoms with Crippen molar-refractivity contribution in [1.29, 1.82) is 0 Å². The first-order valence-corrected chi connectivity index (χ1v) is 6.71. The van der Waals surface area contributed by atoms with Crippen molar-refractivity contribution < 1.29 is 8.42 Å². The highest BCUT2D eigenvalue weighted by Crippen LogP contribution is 2.35. The van der Waals surface area contributed by atoms with Gasteiger partial charge in [-0.15, -0.1) is 0 Å². The molecule has 0 spiro atoms. The Hall–Kier alpha value is -1.70. The van der Waals surface area contributed by atoms with Gasteiger partial charge >= 0.3 is 0 Å². The van der Waals surface area contributed by atoms with Gasteiger partial charge in [-0.2, -0.15) is 0 Å². The molecule has 0 amide bonds. The minimum absolute atomic E-state index is 0.0852. The third-order valence-corrected chi connectivity index (χ3v) is 3.62. The number of primary sulfonamides is 1. The number of nitrogen functional groups attached to an aromatic ring is 1. The smallest absolute Gasteiger partial charge is 0.238 e. The van der Waals surface area contributed by atoms with Crippen LogP contribution in [0.4, 0.5) is 5.69 Å². The van der Waals surface area contributed by atoms with Gasteiger partial charge in [-0.25, -0.2) is 13.6 Å². The molecule has 0 fully saturated rings. The molecule has 1 aromatic carbocycles. The summed E-state index contributed by atoms with van der Waals surface area (Å²) in [6.07, 6.45) is 4.26. The fourth-order valence-electron chi connectivity index (χ4n) is 1.48. The van der Waals surface area contributed by atoms with Crippen LogP contribution < -0.4 is 10.9 Å². The maximum atomic E-state index is 11.5. The molecule has 2 aromatic rings. The number of hydrogen-bond donors (Lipinski definition) is 2. The molecule has 8 heteroatoms. The second-order valence-corrected chi connectivity index (χ2v) is 5.39. The Balaban J connectivity index is 2.84. The Morgan fingerprint density at radius 3 is 2.50 bits per heavy atom. The van der Waals surface area contributed by atoms with Gasteiger partial charge in [0.1, 0.15) is 0 Å². The van der Waals surface area contributed by atoms with E-state index in [-0.39, 0.29) is 21.2 Å². The van der Waals surface area contributed by atoms with E-state index in [1.165, 1.54) is 30.7 Å². The van der Waals surface area contributed by atoms with Gasteiger partial charge in [0.15, 0.2) is 0 Å². The summed E-state index contributed by atoms with van der Waals surface area (Å²) in [6.45, 7) is 0.